The average Bonchev–Trinajstić information content (AvgIpc) is 2.55. The number of carbonyl (C=O) groups excluding carboxylic acids is 2. The predicted octanol–water partition coefficient (Wildman–Crippen LogP) is 1.54. The van der Waals surface area contributed by atoms with Crippen LogP contribution in [0, 0.1) is 0 Å². The van der Waals surface area contributed by atoms with Crippen molar-refractivity contribution in [2.75, 3.05) is 7.11 Å². The number of hydrogen-bond acceptors (Lipinski definition) is 4. The van der Waals surface area contributed by atoms with E-state index in [1.807, 2.05) is 12.1 Å². The van der Waals surface area contributed by atoms with Crippen LogP contribution in [0.2, 0.25) is 0 Å². The third-order valence-corrected chi connectivity index (χ3v) is 3.97. The van der Waals surface area contributed by atoms with E-state index in [0.29, 0.717) is 12.1 Å². The van der Waals surface area contributed by atoms with Crippen LogP contribution in [0.5, 0.6) is 0 Å². The topological polar surface area (TPSA) is 93.4 Å². The first kappa shape index (κ1) is 16.3. The molecule has 22 heavy (non-hydrogen) atoms. The molecule has 2 rings (SSSR count). The third kappa shape index (κ3) is 4.46. The molecule has 1 aromatic rings. The number of rotatable bonds is 4. The fourth-order valence-corrected chi connectivity index (χ4v) is 2.61. The number of hydrogen-bond donors (Lipinski definition) is 3. The van der Waals surface area contributed by atoms with Crippen molar-refractivity contribution in [2.45, 2.75) is 44.3 Å². The van der Waals surface area contributed by atoms with Crippen LogP contribution in [0.4, 0.5) is 4.79 Å². The lowest BCUT2D eigenvalue weighted by atomic mass is 9.91. The molecule has 1 fully saturated rings. The Morgan fingerprint density at radius 2 is 1.91 bits per heavy atom. The van der Waals surface area contributed by atoms with Gasteiger partial charge in [0, 0.05) is 24.2 Å². The molecular formula is C16H23N3O3. The zero-order chi connectivity index (χ0) is 15.9. The number of amides is 2. The Morgan fingerprint density at radius 3 is 2.55 bits per heavy atom. The molecule has 1 aliphatic rings. The summed E-state index contributed by atoms with van der Waals surface area (Å²) in [5, 5.41) is 5.60. The normalized spacial score (nSPS) is 21.0. The van der Waals surface area contributed by atoms with Crippen LogP contribution < -0.4 is 16.4 Å². The summed E-state index contributed by atoms with van der Waals surface area (Å²) in [4.78, 5) is 23.2. The van der Waals surface area contributed by atoms with Gasteiger partial charge < -0.3 is 21.1 Å². The number of alkyl carbamates (subject to hydrolysis) is 1. The van der Waals surface area contributed by atoms with E-state index in [1.165, 1.54) is 7.11 Å². The molecule has 1 saturated carbocycles. The second kappa shape index (κ2) is 7.79. The fraction of sp³-hybridized carbons (Fsp3) is 0.500. The van der Waals surface area contributed by atoms with Crippen molar-refractivity contribution >= 4 is 12.0 Å². The van der Waals surface area contributed by atoms with Gasteiger partial charge in [-0.1, -0.05) is 25.0 Å². The Kier molecular flexibility index (Phi) is 5.77. The van der Waals surface area contributed by atoms with E-state index in [0.717, 1.165) is 31.2 Å². The minimum Gasteiger partial charge on any atom is -0.453 e. The highest BCUT2D eigenvalue weighted by molar-refractivity contribution is 5.94. The molecule has 0 heterocycles. The van der Waals surface area contributed by atoms with E-state index >= 15 is 0 Å². The molecule has 6 nitrogen and oxygen atoms in total. The lowest BCUT2D eigenvalue weighted by Crippen LogP contribution is -2.49. The number of carbonyl (C=O) groups is 2. The quantitative estimate of drug-likeness (QED) is 0.786. The van der Waals surface area contributed by atoms with Gasteiger partial charge >= 0.3 is 6.09 Å². The summed E-state index contributed by atoms with van der Waals surface area (Å²) in [5.41, 5.74) is 7.54. The maximum atomic E-state index is 12.2. The second-order valence-corrected chi connectivity index (χ2v) is 5.57. The van der Waals surface area contributed by atoms with Crippen LogP contribution >= 0.6 is 0 Å². The summed E-state index contributed by atoms with van der Waals surface area (Å²) in [6, 6.07) is 7.22. The average molecular weight is 305 g/mol. The number of ether oxygens (including phenoxy) is 1. The van der Waals surface area contributed by atoms with E-state index in [1.54, 1.807) is 12.1 Å². The van der Waals surface area contributed by atoms with Crippen molar-refractivity contribution in [1.29, 1.82) is 0 Å². The SMILES string of the molecule is COC(=O)NCc1ccc(C(=O)NC2CCCCC2N)cc1. The van der Waals surface area contributed by atoms with E-state index in [4.69, 9.17) is 5.73 Å². The van der Waals surface area contributed by atoms with Crippen molar-refractivity contribution < 1.29 is 14.3 Å². The first-order valence-electron chi connectivity index (χ1n) is 7.57. The van der Waals surface area contributed by atoms with Gasteiger partial charge in [0.1, 0.15) is 0 Å². The molecule has 1 aromatic carbocycles. The second-order valence-electron chi connectivity index (χ2n) is 5.57. The molecule has 4 N–H and O–H groups in total. The Morgan fingerprint density at radius 1 is 1.23 bits per heavy atom. The maximum absolute atomic E-state index is 12.2. The van der Waals surface area contributed by atoms with Crippen molar-refractivity contribution in [3.05, 3.63) is 35.4 Å². The Bertz CT molecular complexity index is 516. The molecule has 1 aliphatic carbocycles. The van der Waals surface area contributed by atoms with Crippen LogP contribution in [0.3, 0.4) is 0 Å². The van der Waals surface area contributed by atoms with E-state index in [-0.39, 0.29) is 18.0 Å². The summed E-state index contributed by atoms with van der Waals surface area (Å²) < 4.78 is 4.50. The summed E-state index contributed by atoms with van der Waals surface area (Å²) in [5.74, 6) is -0.102. The number of benzene rings is 1. The van der Waals surface area contributed by atoms with Crippen LogP contribution in [0.25, 0.3) is 0 Å². The number of nitrogens with one attached hydrogen (secondary N) is 2. The van der Waals surface area contributed by atoms with Gasteiger partial charge in [0.05, 0.1) is 7.11 Å². The van der Waals surface area contributed by atoms with Crippen molar-refractivity contribution in [3.63, 3.8) is 0 Å². The highest BCUT2D eigenvalue weighted by Crippen LogP contribution is 2.17. The molecule has 6 heteroatoms. The minimum atomic E-state index is -0.479. The monoisotopic (exact) mass is 305 g/mol. The van der Waals surface area contributed by atoms with E-state index < -0.39 is 6.09 Å². The summed E-state index contributed by atoms with van der Waals surface area (Å²) in [6.07, 6.45) is 3.66. The molecule has 120 valence electrons. The van der Waals surface area contributed by atoms with Gasteiger partial charge in [-0.25, -0.2) is 4.79 Å². The van der Waals surface area contributed by atoms with Gasteiger partial charge in [-0.3, -0.25) is 4.79 Å². The van der Waals surface area contributed by atoms with Crippen LogP contribution in [-0.4, -0.2) is 31.2 Å². The van der Waals surface area contributed by atoms with Gasteiger partial charge in [0.2, 0.25) is 0 Å². The van der Waals surface area contributed by atoms with Gasteiger partial charge in [0.15, 0.2) is 0 Å². The molecule has 0 saturated heterocycles. The molecule has 2 unspecified atom stereocenters. The Balaban J connectivity index is 1.89. The van der Waals surface area contributed by atoms with Crippen LogP contribution in [-0.2, 0) is 11.3 Å². The molecule has 2 amide bonds. The molecule has 0 radical (unpaired) electrons. The summed E-state index contributed by atoms with van der Waals surface area (Å²) in [7, 11) is 1.32. The molecule has 0 aromatic heterocycles. The lowest BCUT2D eigenvalue weighted by molar-refractivity contribution is 0.0921. The molecular weight excluding hydrogens is 282 g/mol. The fourth-order valence-electron chi connectivity index (χ4n) is 2.61. The standard InChI is InChI=1S/C16H23N3O3/c1-22-16(21)18-10-11-6-8-12(9-7-11)15(20)19-14-5-3-2-4-13(14)17/h6-9,13-14H,2-5,10,17H2,1H3,(H,18,21)(H,19,20). The highest BCUT2D eigenvalue weighted by Gasteiger charge is 2.23. The molecule has 2 atom stereocenters. The molecule has 0 bridgehead atoms. The zero-order valence-corrected chi connectivity index (χ0v) is 12.8. The zero-order valence-electron chi connectivity index (χ0n) is 12.8. The molecule has 0 spiro atoms. The lowest BCUT2D eigenvalue weighted by Gasteiger charge is -2.29. The minimum absolute atomic E-state index is 0.0428. The highest BCUT2D eigenvalue weighted by atomic mass is 16.5. The van der Waals surface area contributed by atoms with Crippen LogP contribution in [0.15, 0.2) is 24.3 Å². The number of methoxy groups -OCH3 is 1. The Labute approximate surface area is 130 Å². The van der Waals surface area contributed by atoms with Gasteiger partial charge in [-0.05, 0) is 30.5 Å². The first-order valence-corrected chi connectivity index (χ1v) is 7.57. The maximum Gasteiger partial charge on any atom is 0.407 e. The van der Waals surface area contributed by atoms with Crippen molar-refractivity contribution in [2.24, 2.45) is 5.73 Å². The Hall–Kier alpha value is -2.08. The van der Waals surface area contributed by atoms with Gasteiger partial charge in [-0.15, -0.1) is 0 Å². The third-order valence-electron chi connectivity index (χ3n) is 3.97. The van der Waals surface area contributed by atoms with Crippen molar-refractivity contribution in [1.82, 2.24) is 10.6 Å². The van der Waals surface area contributed by atoms with Gasteiger partial charge in [0.25, 0.3) is 5.91 Å². The predicted molar refractivity (Wildman–Crippen MR) is 83.4 cm³/mol. The van der Waals surface area contributed by atoms with Crippen LogP contribution in [0.1, 0.15) is 41.6 Å². The van der Waals surface area contributed by atoms with E-state index in [2.05, 4.69) is 15.4 Å². The summed E-state index contributed by atoms with van der Waals surface area (Å²) in [6.45, 7) is 0.363. The van der Waals surface area contributed by atoms with Gasteiger partial charge in [-0.2, -0.15) is 0 Å². The summed E-state index contributed by atoms with van der Waals surface area (Å²) >= 11 is 0. The number of nitrogens with two attached hydrogens (primary N) is 1. The largest absolute Gasteiger partial charge is 0.453 e. The van der Waals surface area contributed by atoms with Crippen molar-refractivity contribution in [3.8, 4) is 0 Å². The molecule has 0 aliphatic heterocycles. The smallest absolute Gasteiger partial charge is 0.407 e. The first-order chi connectivity index (χ1) is 10.6. The van der Waals surface area contributed by atoms with E-state index in [9.17, 15) is 9.59 Å².